The molecule has 2 aromatic heterocycles. The molecule has 0 radical (unpaired) electrons. The van der Waals surface area contributed by atoms with Gasteiger partial charge in [0.15, 0.2) is 0 Å². The van der Waals surface area contributed by atoms with Gasteiger partial charge in [-0.3, -0.25) is 4.98 Å². The first-order valence-corrected chi connectivity index (χ1v) is 7.80. The summed E-state index contributed by atoms with van der Waals surface area (Å²) in [7, 11) is 0. The van der Waals surface area contributed by atoms with Crippen molar-refractivity contribution in [3.8, 4) is 0 Å². The van der Waals surface area contributed by atoms with Gasteiger partial charge in [-0.05, 0) is 36.1 Å². The van der Waals surface area contributed by atoms with Crippen molar-refractivity contribution in [2.45, 2.75) is 18.4 Å². The SMILES string of the molecule is C[C@@](O)(c1cccs1)[C@@H](c1ccccc1)c1ccccn1. The largest absolute Gasteiger partial charge is 0.384 e. The maximum Gasteiger partial charge on any atom is 0.108 e. The van der Waals surface area contributed by atoms with E-state index in [0.29, 0.717) is 0 Å². The molecular weight excluding hydrogens is 278 g/mol. The van der Waals surface area contributed by atoms with Crippen molar-refractivity contribution < 1.29 is 5.11 Å². The highest BCUT2D eigenvalue weighted by Gasteiger charge is 2.37. The molecule has 3 aromatic rings. The molecule has 106 valence electrons. The lowest BCUT2D eigenvalue weighted by Crippen LogP contribution is -2.30. The molecule has 0 aliphatic carbocycles. The molecule has 2 nitrogen and oxygen atoms in total. The highest BCUT2D eigenvalue weighted by atomic mass is 32.1. The second kappa shape index (κ2) is 5.80. The molecule has 0 unspecified atom stereocenters. The fraction of sp³-hybridized carbons (Fsp3) is 0.167. The Balaban J connectivity index is 2.13. The van der Waals surface area contributed by atoms with Gasteiger partial charge in [0.25, 0.3) is 0 Å². The van der Waals surface area contributed by atoms with Crippen molar-refractivity contribution >= 4 is 11.3 Å². The van der Waals surface area contributed by atoms with Crippen molar-refractivity contribution in [3.05, 3.63) is 88.4 Å². The Morgan fingerprint density at radius 2 is 1.76 bits per heavy atom. The predicted octanol–water partition coefficient (Wildman–Crippen LogP) is 4.18. The van der Waals surface area contributed by atoms with E-state index in [9.17, 15) is 5.11 Å². The summed E-state index contributed by atoms with van der Waals surface area (Å²) < 4.78 is 0. The first-order chi connectivity index (χ1) is 10.2. The fourth-order valence-electron chi connectivity index (χ4n) is 2.68. The second-order valence-corrected chi connectivity index (χ2v) is 6.17. The highest BCUT2D eigenvalue weighted by molar-refractivity contribution is 7.10. The zero-order valence-electron chi connectivity index (χ0n) is 11.8. The fourth-order valence-corrected chi connectivity index (χ4v) is 3.50. The van der Waals surface area contributed by atoms with Crippen LogP contribution in [0.25, 0.3) is 0 Å². The maximum atomic E-state index is 11.2. The van der Waals surface area contributed by atoms with Crippen LogP contribution in [0.4, 0.5) is 0 Å². The Labute approximate surface area is 128 Å². The molecule has 0 spiro atoms. The van der Waals surface area contributed by atoms with Crippen molar-refractivity contribution in [3.63, 3.8) is 0 Å². The summed E-state index contributed by atoms with van der Waals surface area (Å²) in [6.07, 6.45) is 1.77. The Morgan fingerprint density at radius 3 is 2.38 bits per heavy atom. The highest BCUT2D eigenvalue weighted by Crippen LogP contribution is 2.42. The molecule has 0 aliphatic heterocycles. The van der Waals surface area contributed by atoms with E-state index < -0.39 is 5.60 Å². The number of thiophene rings is 1. The first-order valence-electron chi connectivity index (χ1n) is 6.92. The summed E-state index contributed by atoms with van der Waals surface area (Å²) in [6, 6.07) is 19.8. The third-order valence-electron chi connectivity index (χ3n) is 3.70. The van der Waals surface area contributed by atoms with Gasteiger partial charge in [-0.1, -0.05) is 42.5 Å². The zero-order chi connectivity index (χ0) is 14.7. The van der Waals surface area contributed by atoms with E-state index >= 15 is 0 Å². The zero-order valence-corrected chi connectivity index (χ0v) is 12.6. The molecule has 2 heterocycles. The summed E-state index contributed by atoms with van der Waals surface area (Å²) in [6.45, 7) is 1.87. The molecule has 3 heteroatoms. The first kappa shape index (κ1) is 14.0. The van der Waals surface area contributed by atoms with Crippen molar-refractivity contribution in [2.24, 2.45) is 0 Å². The van der Waals surface area contributed by atoms with E-state index in [2.05, 4.69) is 4.98 Å². The van der Waals surface area contributed by atoms with Gasteiger partial charge in [0.1, 0.15) is 5.60 Å². The third-order valence-corrected chi connectivity index (χ3v) is 4.80. The van der Waals surface area contributed by atoms with E-state index in [1.807, 2.05) is 73.0 Å². The molecular formula is C18H17NOS. The number of benzene rings is 1. The van der Waals surface area contributed by atoms with Crippen LogP contribution in [-0.2, 0) is 5.60 Å². The Hall–Kier alpha value is -1.97. The third kappa shape index (κ3) is 2.75. The minimum atomic E-state index is -0.996. The standard InChI is InChI=1S/C18H17NOS/c1-18(20,16-11-7-13-21-16)17(14-8-3-2-4-9-14)15-10-5-6-12-19-15/h2-13,17,20H,1H3/t17-,18+/m0/s1. The Bertz CT molecular complexity index is 638. The minimum Gasteiger partial charge on any atom is -0.384 e. The number of hydrogen-bond donors (Lipinski definition) is 1. The predicted molar refractivity (Wildman–Crippen MR) is 86.4 cm³/mol. The molecule has 0 aliphatic rings. The number of rotatable bonds is 4. The molecule has 1 aromatic carbocycles. The normalized spacial score (nSPS) is 15.3. The van der Waals surface area contributed by atoms with E-state index in [-0.39, 0.29) is 5.92 Å². The molecule has 0 saturated heterocycles. The molecule has 1 N–H and O–H groups in total. The maximum absolute atomic E-state index is 11.2. The quantitative estimate of drug-likeness (QED) is 0.783. The van der Waals surface area contributed by atoms with Crippen LogP contribution in [0.1, 0.15) is 29.0 Å². The van der Waals surface area contributed by atoms with Crippen molar-refractivity contribution in [1.82, 2.24) is 4.98 Å². The van der Waals surface area contributed by atoms with Crippen LogP contribution in [0.3, 0.4) is 0 Å². The Kier molecular flexibility index (Phi) is 3.86. The van der Waals surface area contributed by atoms with Gasteiger partial charge in [-0.25, -0.2) is 0 Å². The molecule has 0 saturated carbocycles. The number of aliphatic hydroxyl groups is 1. The number of pyridine rings is 1. The second-order valence-electron chi connectivity index (χ2n) is 5.22. The van der Waals surface area contributed by atoms with Crippen LogP contribution < -0.4 is 0 Å². The lowest BCUT2D eigenvalue weighted by atomic mass is 9.80. The average Bonchev–Trinajstić information content (AvgIpc) is 3.04. The Morgan fingerprint density at radius 1 is 1.00 bits per heavy atom. The van der Waals surface area contributed by atoms with Crippen LogP contribution in [0, 0.1) is 0 Å². The lowest BCUT2D eigenvalue weighted by Gasteiger charge is -2.32. The van der Waals surface area contributed by atoms with E-state index in [1.54, 1.807) is 17.5 Å². The van der Waals surface area contributed by atoms with Gasteiger partial charge in [-0.15, -0.1) is 11.3 Å². The van der Waals surface area contributed by atoms with Crippen molar-refractivity contribution in [1.29, 1.82) is 0 Å². The summed E-state index contributed by atoms with van der Waals surface area (Å²) >= 11 is 1.57. The molecule has 0 amide bonds. The molecule has 0 bridgehead atoms. The van der Waals surface area contributed by atoms with Crippen LogP contribution >= 0.6 is 11.3 Å². The van der Waals surface area contributed by atoms with Gasteiger partial charge in [0.05, 0.1) is 11.6 Å². The van der Waals surface area contributed by atoms with Crippen LogP contribution in [-0.4, -0.2) is 10.1 Å². The number of nitrogens with zero attached hydrogens (tertiary/aromatic N) is 1. The summed E-state index contributed by atoms with van der Waals surface area (Å²) in [5.41, 5.74) is 0.945. The van der Waals surface area contributed by atoms with E-state index in [4.69, 9.17) is 0 Å². The van der Waals surface area contributed by atoms with Gasteiger partial charge in [-0.2, -0.15) is 0 Å². The van der Waals surface area contributed by atoms with Gasteiger partial charge in [0.2, 0.25) is 0 Å². The minimum absolute atomic E-state index is 0.196. The molecule has 3 rings (SSSR count). The molecule has 2 atom stereocenters. The molecule has 0 fully saturated rings. The van der Waals surface area contributed by atoms with E-state index in [1.165, 1.54) is 0 Å². The number of hydrogen-bond acceptors (Lipinski definition) is 3. The topological polar surface area (TPSA) is 33.1 Å². The smallest absolute Gasteiger partial charge is 0.108 e. The van der Waals surface area contributed by atoms with Gasteiger partial charge >= 0.3 is 0 Å². The van der Waals surface area contributed by atoms with Crippen LogP contribution in [0.5, 0.6) is 0 Å². The average molecular weight is 295 g/mol. The van der Waals surface area contributed by atoms with Crippen LogP contribution in [0.2, 0.25) is 0 Å². The van der Waals surface area contributed by atoms with Gasteiger partial charge < -0.3 is 5.11 Å². The number of aromatic nitrogens is 1. The van der Waals surface area contributed by atoms with Crippen LogP contribution in [0.15, 0.2) is 72.2 Å². The van der Waals surface area contributed by atoms with Crippen molar-refractivity contribution in [2.75, 3.05) is 0 Å². The summed E-state index contributed by atoms with van der Waals surface area (Å²) in [5, 5.41) is 13.2. The van der Waals surface area contributed by atoms with E-state index in [0.717, 1.165) is 16.1 Å². The van der Waals surface area contributed by atoms with Gasteiger partial charge in [0, 0.05) is 11.1 Å². The molecule has 21 heavy (non-hydrogen) atoms. The monoisotopic (exact) mass is 295 g/mol. The summed E-state index contributed by atoms with van der Waals surface area (Å²) in [4.78, 5) is 5.42. The summed E-state index contributed by atoms with van der Waals surface area (Å²) in [5.74, 6) is -0.196. The lowest BCUT2D eigenvalue weighted by molar-refractivity contribution is 0.0418.